The van der Waals surface area contributed by atoms with Gasteiger partial charge in [0.2, 0.25) is 5.82 Å². The lowest BCUT2D eigenvalue weighted by Crippen LogP contribution is -2.24. The number of rotatable bonds is 5. The van der Waals surface area contributed by atoms with Crippen LogP contribution in [0, 0.1) is 0 Å². The molecular weight excluding hydrogens is 371 g/mol. The van der Waals surface area contributed by atoms with Crippen molar-refractivity contribution >= 4 is 17.2 Å². The summed E-state index contributed by atoms with van der Waals surface area (Å²) in [5.41, 5.74) is 0.474. The van der Waals surface area contributed by atoms with Crippen LogP contribution in [0.3, 0.4) is 0 Å². The summed E-state index contributed by atoms with van der Waals surface area (Å²) in [5, 5.41) is 10.4. The number of carbonyl (C=O) groups is 1. The van der Waals surface area contributed by atoms with Crippen LogP contribution in [-0.4, -0.2) is 31.9 Å². The van der Waals surface area contributed by atoms with Gasteiger partial charge in [-0.2, -0.15) is 23.3 Å². The molecule has 1 saturated carbocycles. The lowest BCUT2D eigenvalue weighted by atomic mass is 10.3. The van der Waals surface area contributed by atoms with Gasteiger partial charge in [-0.1, -0.05) is 5.16 Å². The highest BCUT2D eigenvalue weighted by Crippen LogP contribution is 2.31. The Bertz CT molecular complexity index is 941. The quantitative estimate of drug-likeness (QED) is 0.732. The molecule has 1 N–H and O–H groups in total. The van der Waals surface area contributed by atoms with Crippen LogP contribution in [0.2, 0.25) is 0 Å². The lowest BCUT2D eigenvalue weighted by Gasteiger charge is -1.99. The number of aromatic nitrogens is 4. The van der Waals surface area contributed by atoms with E-state index in [4.69, 9.17) is 0 Å². The minimum atomic E-state index is -4.67. The number of nitrogens with one attached hydrogen (secondary N) is 1. The van der Waals surface area contributed by atoms with E-state index in [2.05, 4.69) is 25.1 Å². The molecule has 1 aliphatic carbocycles. The molecule has 0 aromatic carbocycles. The molecule has 136 valence electrons. The Kier molecular flexibility index (Phi) is 4.02. The second kappa shape index (κ2) is 6.24. The molecule has 4 rings (SSSR count). The Hall–Kier alpha value is -2.69. The molecule has 1 fully saturated rings. The highest BCUT2D eigenvalue weighted by atomic mass is 32.1. The monoisotopic (exact) mass is 383 g/mol. The van der Waals surface area contributed by atoms with Gasteiger partial charge in [0.25, 0.3) is 5.91 Å². The third-order valence-corrected chi connectivity index (χ3v) is 4.74. The maximum atomic E-state index is 12.5. The van der Waals surface area contributed by atoms with Gasteiger partial charge in [-0.3, -0.25) is 9.48 Å². The first-order valence-corrected chi connectivity index (χ1v) is 8.53. The van der Waals surface area contributed by atoms with Crippen molar-refractivity contribution in [2.75, 3.05) is 0 Å². The SMILES string of the molecule is O=C(NC1CC1)c1cnn(Cc2ccc(-c3noc(C(F)(F)F)n3)s2)c1. The molecule has 0 bridgehead atoms. The van der Waals surface area contributed by atoms with Crippen LogP contribution in [0.1, 0.15) is 34.0 Å². The molecule has 3 aromatic rings. The Labute approximate surface area is 148 Å². The highest BCUT2D eigenvalue weighted by molar-refractivity contribution is 7.15. The van der Waals surface area contributed by atoms with Gasteiger partial charge in [-0.05, 0) is 25.0 Å². The minimum absolute atomic E-state index is 0.112. The van der Waals surface area contributed by atoms with E-state index in [1.54, 1.807) is 23.0 Å². The maximum absolute atomic E-state index is 12.5. The first-order valence-electron chi connectivity index (χ1n) is 7.72. The molecule has 1 aliphatic rings. The van der Waals surface area contributed by atoms with Gasteiger partial charge >= 0.3 is 12.1 Å². The Morgan fingerprint density at radius 1 is 1.38 bits per heavy atom. The maximum Gasteiger partial charge on any atom is 0.471 e. The van der Waals surface area contributed by atoms with Gasteiger partial charge < -0.3 is 9.84 Å². The summed E-state index contributed by atoms with van der Waals surface area (Å²) in [6, 6.07) is 3.63. The first kappa shape index (κ1) is 16.8. The van der Waals surface area contributed by atoms with Crippen LogP contribution in [0.25, 0.3) is 10.7 Å². The summed E-state index contributed by atoms with van der Waals surface area (Å²) in [6.07, 6.45) is 0.458. The number of halogens is 3. The van der Waals surface area contributed by atoms with Crippen molar-refractivity contribution in [1.82, 2.24) is 25.2 Å². The van der Waals surface area contributed by atoms with E-state index in [0.717, 1.165) is 17.7 Å². The second-order valence-corrected chi connectivity index (χ2v) is 7.03. The predicted octanol–water partition coefficient (Wildman–Crippen LogP) is 2.95. The van der Waals surface area contributed by atoms with Gasteiger partial charge in [0.05, 0.1) is 23.2 Å². The number of nitrogens with zero attached hydrogens (tertiary/aromatic N) is 4. The fraction of sp³-hybridized carbons (Fsp3) is 0.333. The van der Waals surface area contributed by atoms with Crippen LogP contribution < -0.4 is 5.32 Å². The number of thiophene rings is 1. The van der Waals surface area contributed by atoms with Gasteiger partial charge in [0.1, 0.15) is 0 Å². The van der Waals surface area contributed by atoms with Crippen molar-refractivity contribution in [2.45, 2.75) is 31.6 Å². The van der Waals surface area contributed by atoms with Crippen LogP contribution in [0.4, 0.5) is 13.2 Å². The van der Waals surface area contributed by atoms with Crippen LogP contribution in [0.15, 0.2) is 29.0 Å². The molecule has 0 saturated heterocycles. The van der Waals surface area contributed by atoms with E-state index in [0.29, 0.717) is 17.0 Å². The van der Waals surface area contributed by atoms with Crippen LogP contribution in [0.5, 0.6) is 0 Å². The number of hydrogen-bond donors (Lipinski definition) is 1. The van der Waals surface area contributed by atoms with Gasteiger partial charge in [-0.15, -0.1) is 11.3 Å². The molecule has 0 spiro atoms. The first-order chi connectivity index (χ1) is 12.4. The Morgan fingerprint density at radius 3 is 2.88 bits per heavy atom. The topological polar surface area (TPSA) is 85.8 Å². The average Bonchev–Trinajstić information content (AvgIpc) is 3.01. The molecule has 0 unspecified atom stereocenters. The van der Waals surface area contributed by atoms with E-state index < -0.39 is 12.1 Å². The van der Waals surface area contributed by atoms with Crippen molar-refractivity contribution in [2.24, 2.45) is 0 Å². The minimum Gasteiger partial charge on any atom is -0.349 e. The number of amides is 1. The lowest BCUT2D eigenvalue weighted by molar-refractivity contribution is -0.159. The molecule has 26 heavy (non-hydrogen) atoms. The zero-order valence-corrected chi connectivity index (χ0v) is 14.0. The molecule has 7 nitrogen and oxygen atoms in total. The Balaban J connectivity index is 1.44. The third kappa shape index (κ3) is 3.62. The van der Waals surface area contributed by atoms with E-state index >= 15 is 0 Å². The molecule has 0 radical (unpaired) electrons. The molecule has 11 heteroatoms. The summed E-state index contributed by atoms with van der Waals surface area (Å²) < 4.78 is 43.4. The number of alkyl halides is 3. The summed E-state index contributed by atoms with van der Waals surface area (Å²) in [7, 11) is 0. The van der Waals surface area contributed by atoms with Crippen molar-refractivity contribution in [3.63, 3.8) is 0 Å². The molecular formula is C15H12F3N5O2S. The van der Waals surface area contributed by atoms with Crippen molar-refractivity contribution in [3.05, 3.63) is 40.9 Å². The zero-order valence-electron chi connectivity index (χ0n) is 13.2. The molecule has 3 heterocycles. The number of carbonyl (C=O) groups excluding carboxylic acids is 1. The van der Waals surface area contributed by atoms with Crippen LogP contribution in [-0.2, 0) is 12.7 Å². The Morgan fingerprint density at radius 2 is 2.19 bits per heavy atom. The fourth-order valence-electron chi connectivity index (χ4n) is 2.25. The zero-order chi connectivity index (χ0) is 18.3. The second-order valence-electron chi connectivity index (χ2n) is 5.86. The van der Waals surface area contributed by atoms with E-state index in [1.165, 1.54) is 17.5 Å². The smallest absolute Gasteiger partial charge is 0.349 e. The van der Waals surface area contributed by atoms with E-state index in [9.17, 15) is 18.0 Å². The van der Waals surface area contributed by atoms with Crippen molar-refractivity contribution < 1.29 is 22.5 Å². The highest BCUT2D eigenvalue weighted by Gasteiger charge is 2.38. The largest absolute Gasteiger partial charge is 0.471 e. The fourth-order valence-corrected chi connectivity index (χ4v) is 3.17. The van der Waals surface area contributed by atoms with Gasteiger partial charge in [0.15, 0.2) is 0 Å². The summed E-state index contributed by atoms with van der Waals surface area (Å²) >= 11 is 1.23. The van der Waals surface area contributed by atoms with Gasteiger partial charge in [0, 0.05) is 17.1 Å². The molecule has 1 amide bonds. The summed E-state index contributed by atoms with van der Waals surface area (Å²) in [6.45, 7) is 0.380. The van der Waals surface area contributed by atoms with E-state index in [-0.39, 0.29) is 17.8 Å². The standard InChI is InChI=1S/C15H12F3N5O2S/c16-15(17,18)14-21-12(22-25-14)11-4-3-10(26-11)7-23-6-8(5-19-23)13(24)20-9-1-2-9/h3-6,9H,1-2,7H2,(H,20,24). The predicted molar refractivity (Wildman–Crippen MR) is 84.4 cm³/mol. The molecule has 3 aromatic heterocycles. The summed E-state index contributed by atoms with van der Waals surface area (Å²) in [4.78, 5) is 16.6. The average molecular weight is 383 g/mol. The molecule has 0 atom stereocenters. The molecule has 0 aliphatic heterocycles. The van der Waals surface area contributed by atoms with E-state index in [1.807, 2.05) is 0 Å². The number of hydrogen-bond acceptors (Lipinski definition) is 6. The van der Waals surface area contributed by atoms with Crippen molar-refractivity contribution in [1.29, 1.82) is 0 Å². The summed E-state index contributed by atoms with van der Waals surface area (Å²) in [5.74, 6) is -1.64. The normalized spacial score (nSPS) is 14.6. The van der Waals surface area contributed by atoms with Gasteiger partial charge in [-0.25, -0.2) is 0 Å². The van der Waals surface area contributed by atoms with Crippen LogP contribution >= 0.6 is 11.3 Å². The third-order valence-electron chi connectivity index (χ3n) is 3.68. The van der Waals surface area contributed by atoms with Crippen molar-refractivity contribution in [3.8, 4) is 10.7 Å².